The highest BCUT2D eigenvalue weighted by Gasteiger charge is 2.12. The number of anilines is 1. The van der Waals surface area contributed by atoms with E-state index in [0.717, 1.165) is 39.4 Å². The molecule has 2 rings (SSSR count). The molecule has 0 spiro atoms. The van der Waals surface area contributed by atoms with Gasteiger partial charge in [0.1, 0.15) is 0 Å². The zero-order valence-electron chi connectivity index (χ0n) is 13.1. The van der Waals surface area contributed by atoms with Gasteiger partial charge in [0, 0.05) is 25.3 Å². The molecule has 1 heterocycles. The van der Waals surface area contributed by atoms with E-state index >= 15 is 0 Å². The quantitative estimate of drug-likeness (QED) is 0.836. The minimum Gasteiger partial charge on any atom is -0.385 e. The monoisotopic (exact) mass is 276 g/mol. The first-order valence-electron chi connectivity index (χ1n) is 7.70. The number of hydrogen-bond donors (Lipinski definition) is 1. The Morgan fingerprint density at radius 2 is 1.75 bits per heavy atom. The Kier molecular flexibility index (Phi) is 5.44. The highest BCUT2D eigenvalue weighted by atomic mass is 16.5. The van der Waals surface area contributed by atoms with Crippen molar-refractivity contribution >= 4 is 5.69 Å². The molecule has 3 nitrogen and oxygen atoms in total. The van der Waals surface area contributed by atoms with E-state index in [-0.39, 0.29) is 5.41 Å². The van der Waals surface area contributed by atoms with Crippen LogP contribution in [-0.4, -0.2) is 44.3 Å². The first-order valence-corrected chi connectivity index (χ1v) is 7.70. The van der Waals surface area contributed by atoms with Crippen molar-refractivity contribution in [2.75, 3.05) is 44.7 Å². The lowest BCUT2D eigenvalue weighted by Crippen LogP contribution is -2.37. The summed E-state index contributed by atoms with van der Waals surface area (Å²) in [6, 6.07) is 8.83. The van der Waals surface area contributed by atoms with Crippen LogP contribution >= 0.6 is 0 Å². The molecule has 1 aliphatic rings. The van der Waals surface area contributed by atoms with E-state index in [2.05, 4.69) is 55.3 Å². The van der Waals surface area contributed by atoms with Gasteiger partial charge >= 0.3 is 0 Å². The lowest BCUT2D eigenvalue weighted by molar-refractivity contribution is 0.0378. The van der Waals surface area contributed by atoms with Crippen molar-refractivity contribution in [3.8, 4) is 0 Å². The molecule has 1 aromatic carbocycles. The molecule has 0 saturated carbocycles. The standard InChI is InChI=1S/C17H28N2O/c1-17(2,3)15-5-7-16(8-6-15)18-9-4-10-19-11-13-20-14-12-19/h5-8,18H,4,9-14H2,1-3H3. The number of nitrogens with one attached hydrogen (secondary N) is 1. The topological polar surface area (TPSA) is 24.5 Å². The first-order chi connectivity index (χ1) is 9.55. The summed E-state index contributed by atoms with van der Waals surface area (Å²) >= 11 is 0. The molecule has 0 bridgehead atoms. The summed E-state index contributed by atoms with van der Waals surface area (Å²) in [4.78, 5) is 2.48. The Hall–Kier alpha value is -1.06. The van der Waals surface area contributed by atoms with E-state index in [0.29, 0.717) is 0 Å². The van der Waals surface area contributed by atoms with E-state index in [1.54, 1.807) is 0 Å². The summed E-state index contributed by atoms with van der Waals surface area (Å²) in [5.41, 5.74) is 2.84. The van der Waals surface area contributed by atoms with Crippen molar-refractivity contribution in [1.29, 1.82) is 0 Å². The molecule has 1 fully saturated rings. The lowest BCUT2D eigenvalue weighted by atomic mass is 9.87. The van der Waals surface area contributed by atoms with Gasteiger partial charge in [0.25, 0.3) is 0 Å². The van der Waals surface area contributed by atoms with Gasteiger partial charge in [0.05, 0.1) is 13.2 Å². The van der Waals surface area contributed by atoms with Gasteiger partial charge in [-0.05, 0) is 36.1 Å². The smallest absolute Gasteiger partial charge is 0.0594 e. The van der Waals surface area contributed by atoms with Crippen LogP contribution in [-0.2, 0) is 10.2 Å². The SMILES string of the molecule is CC(C)(C)c1ccc(NCCCN2CCOCC2)cc1. The summed E-state index contributed by atoms with van der Waals surface area (Å²) < 4.78 is 5.36. The van der Waals surface area contributed by atoms with Crippen LogP contribution in [0.4, 0.5) is 5.69 Å². The number of rotatable bonds is 5. The van der Waals surface area contributed by atoms with Crippen LogP contribution in [0.3, 0.4) is 0 Å². The molecule has 1 N–H and O–H groups in total. The molecule has 0 amide bonds. The van der Waals surface area contributed by atoms with Crippen LogP contribution in [0.15, 0.2) is 24.3 Å². The second-order valence-corrected chi connectivity index (χ2v) is 6.56. The van der Waals surface area contributed by atoms with Gasteiger partial charge in [-0.15, -0.1) is 0 Å². The number of morpholine rings is 1. The third-order valence-corrected chi connectivity index (χ3v) is 3.83. The minimum atomic E-state index is 0.231. The van der Waals surface area contributed by atoms with Crippen LogP contribution in [0.5, 0.6) is 0 Å². The lowest BCUT2D eigenvalue weighted by Gasteiger charge is -2.26. The number of hydrogen-bond acceptors (Lipinski definition) is 3. The highest BCUT2D eigenvalue weighted by Crippen LogP contribution is 2.23. The molecule has 20 heavy (non-hydrogen) atoms. The van der Waals surface area contributed by atoms with E-state index in [9.17, 15) is 0 Å². The van der Waals surface area contributed by atoms with Gasteiger partial charge in [-0.25, -0.2) is 0 Å². The molecule has 0 atom stereocenters. The fraction of sp³-hybridized carbons (Fsp3) is 0.647. The molecule has 1 aliphatic heterocycles. The summed E-state index contributed by atoms with van der Waals surface area (Å²) in [7, 11) is 0. The summed E-state index contributed by atoms with van der Waals surface area (Å²) in [6.07, 6.45) is 1.18. The fourth-order valence-electron chi connectivity index (χ4n) is 2.45. The highest BCUT2D eigenvalue weighted by molar-refractivity contribution is 5.45. The van der Waals surface area contributed by atoms with Crippen LogP contribution < -0.4 is 5.32 Å². The first kappa shape index (κ1) is 15.3. The Bertz CT molecular complexity index is 388. The average molecular weight is 276 g/mol. The molecule has 0 unspecified atom stereocenters. The Morgan fingerprint density at radius 1 is 1.10 bits per heavy atom. The van der Waals surface area contributed by atoms with Gasteiger partial charge in [-0.1, -0.05) is 32.9 Å². The van der Waals surface area contributed by atoms with Crippen molar-refractivity contribution in [2.24, 2.45) is 0 Å². The molecule has 1 aromatic rings. The maximum Gasteiger partial charge on any atom is 0.0594 e. The second-order valence-electron chi connectivity index (χ2n) is 6.56. The van der Waals surface area contributed by atoms with E-state index in [1.807, 2.05) is 0 Å². The number of nitrogens with zero attached hydrogens (tertiary/aromatic N) is 1. The summed E-state index contributed by atoms with van der Waals surface area (Å²) in [5.74, 6) is 0. The van der Waals surface area contributed by atoms with E-state index in [4.69, 9.17) is 4.74 Å². The van der Waals surface area contributed by atoms with Crippen LogP contribution in [0, 0.1) is 0 Å². The van der Waals surface area contributed by atoms with Crippen LogP contribution in [0.1, 0.15) is 32.8 Å². The van der Waals surface area contributed by atoms with Gasteiger partial charge in [-0.3, -0.25) is 4.90 Å². The molecule has 0 aromatic heterocycles. The second kappa shape index (κ2) is 7.09. The predicted octanol–water partition coefficient (Wildman–Crippen LogP) is 3.12. The Balaban J connectivity index is 1.68. The van der Waals surface area contributed by atoms with Gasteiger partial charge < -0.3 is 10.1 Å². The number of ether oxygens (including phenoxy) is 1. The fourth-order valence-corrected chi connectivity index (χ4v) is 2.45. The molecule has 0 radical (unpaired) electrons. The third-order valence-electron chi connectivity index (χ3n) is 3.83. The largest absolute Gasteiger partial charge is 0.385 e. The molecule has 0 aliphatic carbocycles. The third kappa shape index (κ3) is 4.80. The van der Waals surface area contributed by atoms with Crippen LogP contribution in [0.2, 0.25) is 0 Å². The van der Waals surface area contributed by atoms with Gasteiger partial charge in [0.15, 0.2) is 0 Å². The Labute approximate surface area is 123 Å². The number of benzene rings is 1. The summed E-state index contributed by atoms with van der Waals surface area (Å²) in [6.45, 7) is 12.9. The molecular weight excluding hydrogens is 248 g/mol. The van der Waals surface area contributed by atoms with Gasteiger partial charge in [-0.2, -0.15) is 0 Å². The molecule has 3 heteroatoms. The van der Waals surface area contributed by atoms with Gasteiger partial charge in [0.2, 0.25) is 0 Å². The maximum absolute atomic E-state index is 5.36. The van der Waals surface area contributed by atoms with Crippen molar-refractivity contribution in [3.05, 3.63) is 29.8 Å². The average Bonchev–Trinajstić information content (AvgIpc) is 2.44. The zero-order valence-corrected chi connectivity index (χ0v) is 13.1. The molecular formula is C17H28N2O. The molecule has 1 saturated heterocycles. The Morgan fingerprint density at radius 3 is 2.35 bits per heavy atom. The summed E-state index contributed by atoms with van der Waals surface area (Å²) in [5, 5.41) is 3.50. The predicted molar refractivity (Wildman–Crippen MR) is 85.5 cm³/mol. The normalized spacial score (nSPS) is 17.1. The van der Waals surface area contributed by atoms with Crippen molar-refractivity contribution in [1.82, 2.24) is 4.90 Å². The van der Waals surface area contributed by atoms with E-state index < -0.39 is 0 Å². The molecule has 112 valence electrons. The zero-order chi connectivity index (χ0) is 14.4. The van der Waals surface area contributed by atoms with E-state index in [1.165, 1.54) is 17.7 Å². The maximum atomic E-state index is 5.36. The van der Waals surface area contributed by atoms with Crippen molar-refractivity contribution in [3.63, 3.8) is 0 Å². The van der Waals surface area contributed by atoms with Crippen LogP contribution in [0.25, 0.3) is 0 Å². The van der Waals surface area contributed by atoms with Crippen molar-refractivity contribution in [2.45, 2.75) is 32.6 Å². The van der Waals surface area contributed by atoms with Crippen molar-refractivity contribution < 1.29 is 4.74 Å². The minimum absolute atomic E-state index is 0.231.